The summed E-state index contributed by atoms with van der Waals surface area (Å²) >= 11 is 0. The fourth-order valence-corrected chi connectivity index (χ4v) is 7.41. The second-order valence-corrected chi connectivity index (χ2v) is 15.6. The van der Waals surface area contributed by atoms with E-state index in [4.69, 9.17) is 0 Å². The molecule has 2 aliphatic carbocycles. The summed E-state index contributed by atoms with van der Waals surface area (Å²) in [5, 5.41) is 0. The molecule has 4 atom stereocenters. The molecule has 0 saturated heterocycles. The van der Waals surface area contributed by atoms with Gasteiger partial charge < -0.3 is 0 Å². The normalized spacial score (nSPS) is 24.0. The van der Waals surface area contributed by atoms with Crippen molar-refractivity contribution in [3.8, 4) is 0 Å². The maximum Gasteiger partial charge on any atom is -0.0104 e. The maximum atomic E-state index is 2.50. The molecule has 3 unspecified atom stereocenters. The molecule has 0 aromatic rings. The highest BCUT2D eigenvalue weighted by molar-refractivity contribution is 5.35. The molecule has 0 aromatic heterocycles. The van der Waals surface area contributed by atoms with E-state index in [-0.39, 0.29) is 0 Å². The molecule has 0 heterocycles. The van der Waals surface area contributed by atoms with Gasteiger partial charge in [-0.05, 0) is 125 Å². The topological polar surface area (TPSA) is 0 Å². The van der Waals surface area contributed by atoms with Gasteiger partial charge in [-0.25, -0.2) is 0 Å². The molecule has 0 aliphatic heterocycles. The van der Waals surface area contributed by atoms with Gasteiger partial charge in [-0.2, -0.15) is 0 Å². The SMILES string of the molecule is CC1=CCCC(C)(C)[C@H]1CCC(C)CCCC(C)C/C=C\CC(C)CC/C=C(C)/C=C/C1=C(C)CCCC1(C)C. The lowest BCUT2D eigenvalue weighted by atomic mass is 9.66. The zero-order valence-electron chi connectivity index (χ0n) is 28.7. The van der Waals surface area contributed by atoms with Crippen LogP contribution < -0.4 is 0 Å². The number of hydrogen-bond donors (Lipinski definition) is 0. The first kappa shape index (κ1) is 34.9. The van der Waals surface area contributed by atoms with Crippen molar-refractivity contribution in [3.63, 3.8) is 0 Å². The van der Waals surface area contributed by atoms with E-state index in [9.17, 15) is 0 Å². The molecule has 0 amide bonds. The number of allylic oxidation sites excluding steroid dienone is 10. The second-order valence-electron chi connectivity index (χ2n) is 15.6. The molecule has 0 heteroatoms. The first-order chi connectivity index (χ1) is 18.8. The van der Waals surface area contributed by atoms with E-state index in [0.717, 1.165) is 23.7 Å². The lowest BCUT2D eigenvalue weighted by Crippen LogP contribution is -2.28. The fraction of sp³-hybridized carbons (Fsp3) is 0.750. The predicted molar refractivity (Wildman–Crippen MR) is 182 cm³/mol. The van der Waals surface area contributed by atoms with Crippen molar-refractivity contribution >= 4 is 0 Å². The van der Waals surface area contributed by atoms with Gasteiger partial charge in [0, 0.05) is 0 Å². The molecule has 0 aromatic carbocycles. The molecule has 0 nitrogen and oxygen atoms in total. The Morgan fingerprint density at radius 1 is 0.900 bits per heavy atom. The Morgan fingerprint density at radius 3 is 2.20 bits per heavy atom. The average molecular weight is 549 g/mol. The highest BCUT2D eigenvalue weighted by atomic mass is 14.4. The van der Waals surface area contributed by atoms with Gasteiger partial charge in [0.05, 0.1) is 0 Å². The third-order valence-corrected chi connectivity index (χ3v) is 10.5. The third kappa shape index (κ3) is 12.3. The van der Waals surface area contributed by atoms with Crippen molar-refractivity contribution < 1.29 is 0 Å². The van der Waals surface area contributed by atoms with Gasteiger partial charge in [-0.3, -0.25) is 0 Å². The lowest BCUT2D eigenvalue weighted by molar-refractivity contribution is 0.192. The first-order valence-electron chi connectivity index (χ1n) is 17.2. The number of rotatable bonds is 16. The molecule has 40 heavy (non-hydrogen) atoms. The van der Waals surface area contributed by atoms with Crippen LogP contribution in [0.4, 0.5) is 0 Å². The van der Waals surface area contributed by atoms with E-state index in [1.54, 1.807) is 16.7 Å². The molecule has 0 spiro atoms. The summed E-state index contributed by atoms with van der Waals surface area (Å²) in [5.41, 5.74) is 7.06. The minimum atomic E-state index is 0.332. The van der Waals surface area contributed by atoms with Crippen LogP contribution in [0.25, 0.3) is 0 Å². The van der Waals surface area contributed by atoms with Crippen LogP contribution in [0.2, 0.25) is 0 Å². The first-order valence-corrected chi connectivity index (χ1v) is 17.2. The molecular formula is C40H68. The lowest BCUT2D eigenvalue weighted by Gasteiger charge is -2.39. The van der Waals surface area contributed by atoms with E-state index in [0.29, 0.717) is 10.8 Å². The standard InChI is InChI=1S/C40H68/c1-31(19-13-21-33(3)25-27-37-35(5)23-15-29-39(37,7)8)17-11-12-18-32(2)20-14-22-34(4)26-28-38-36(6)24-16-30-40(38,9)10/h11-12,21,24-25,27,31-32,34,38H,13-20,22-23,26,28-30H2,1-10H3/b12-11-,27-25+,33-21+/t31?,32?,34?,38-/m0/s1. The summed E-state index contributed by atoms with van der Waals surface area (Å²) < 4.78 is 0. The molecule has 0 radical (unpaired) electrons. The van der Waals surface area contributed by atoms with Gasteiger partial charge >= 0.3 is 0 Å². The van der Waals surface area contributed by atoms with Crippen LogP contribution in [0, 0.1) is 34.5 Å². The molecule has 228 valence electrons. The molecule has 2 rings (SSSR count). The highest BCUT2D eigenvalue weighted by Crippen LogP contribution is 2.44. The van der Waals surface area contributed by atoms with Crippen molar-refractivity contribution in [1.29, 1.82) is 0 Å². The van der Waals surface area contributed by atoms with Crippen molar-refractivity contribution in [2.75, 3.05) is 0 Å². The predicted octanol–water partition coefficient (Wildman–Crippen LogP) is 13.4. The van der Waals surface area contributed by atoms with Crippen molar-refractivity contribution in [1.82, 2.24) is 0 Å². The Kier molecular flexibility index (Phi) is 14.8. The summed E-state index contributed by atoms with van der Waals surface area (Å²) in [4.78, 5) is 0. The van der Waals surface area contributed by atoms with Crippen molar-refractivity contribution in [2.45, 2.75) is 159 Å². The zero-order chi connectivity index (χ0) is 29.8. The van der Waals surface area contributed by atoms with Crippen molar-refractivity contribution in [2.24, 2.45) is 34.5 Å². The van der Waals surface area contributed by atoms with Crippen LogP contribution in [0.1, 0.15) is 159 Å². The fourth-order valence-electron chi connectivity index (χ4n) is 7.41. The van der Waals surface area contributed by atoms with E-state index >= 15 is 0 Å². The average Bonchev–Trinajstić information content (AvgIpc) is 2.85. The van der Waals surface area contributed by atoms with Crippen LogP contribution in [0.15, 0.2) is 58.7 Å². The van der Waals surface area contributed by atoms with Gasteiger partial charge in [0.25, 0.3) is 0 Å². The smallest absolute Gasteiger partial charge is 0.0104 e. The van der Waals surface area contributed by atoms with Gasteiger partial charge in [-0.15, -0.1) is 0 Å². The second kappa shape index (κ2) is 17.0. The van der Waals surface area contributed by atoms with Crippen LogP contribution >= 0.6 is 0 Å². The van der Waals surface area contributed by atoms with Crippen LogP contribution in [0.3, 0.4) is 0 Å². The van der Waals surface area contributed by atoms with Gasteiger partial charge in [0.1, 0.15) is 0 Å². The van der Waals surface area contributed by atoms with Gasteiger partial charge in [-0.1, -0.05) is 127 Å². The molecule has 0 fully saturated rings. The summed E-state index contributed by atoms with van der Waals surface area (Å²) in [6, 6.07) is 0. The van der Waals surface area contributed by atoms with E-state index in [1.165, 1.54) is 95.5 Å². The molecule has 0 saturated carbocycles. The Balaban J connectivity index is 1.59. The van der Waals surface area contributed by atoms with E-state index in [2.05, 4.69) is 106 Å². The minimum absolute atomic E-state index is 0.332. The summed E-state index contributed by atoms with van der Waals surface area (Å²) in [5.74, 6) is 3.23. The third-order valence-electron chi connectivity index (χ3n) is 10.5. The zero-order valence-corrected chi connectivity index (χ0v) is 28.7. The highest BCUT2D eigenvalue weighted by Gasteiger charge is 2.32. The maximum absolute atomic E-state index is 2.50. The monoisotopic (exact) mass is 549 g/mol. The number of hydrogen-bond acceptors (Lipinski definition) is 0. The Labute approximate surface area is 252 Å². The van der Waals surface area contributed by atoms with Gasteiger partial charge in [0.15, 0.2) is 0 Å². The summed E-state index contributed by atoms with van der Waals surface area (Å²) in [6.07, 6.45) is 33.1. The molecular weight excluding hydrogens is 480 g/mol. The summed E-state index contributed by atoms with van der Waals surface area (Å²) in [6.45, 7) is 24.1. The molecule has 0 N–H and O–H groups in total. The molecule has 0 bridgehead atoms. The van der Waals surface area contributed by atoms with E-state index < -0.39 is 0 Å². The molecule has 2 aliphatic rings. The van der Waals surface area contributed by atoms with Crippen LogP contribution in [0.5, 0.6) is 0 Å². The van der Waals surface area contributed by atoms with E-state index in [1.807, 2.05) is 0 Å². The van der Waals surface area contributed by atoms with Gasteiger partial charge in [0.2, 0.25) is 0 Å². The van der Waals surface area contributed by atoms with Crippen LogP contribution in [-0.4, -0.2) is 0 Å². The minimum Gasteiger partial charge on any atom is -0.0883 e. The van der Waals surface area contributed by atoms with Crippen LogP contribution in [-0.2, 0) is 0 Å². The largest absolute Gasteiger partial charge is 0.0883 e. The quantitative estimate of drug-likeness (QED) is 0.133. The Hall–Kier alpha value is -1.30. The Morgan fingerprint density at radius 2 is 1.55 bits per heavy atom. The summed E-state index contributed by atoms with van der Waals surface area (Å²) in [7, 11) is 0. The van der Waals surface area contributed by atoms with Crippen molar-refractivity contribution in [3.05, 3.63) is 58.7 Å². The Bertz CT molecular complexity index is 898.